The number of thiophene rings is 1. The molecule has 0 bridgehead atoms. The van der Waals surface area contributed by atoms with E-state index in [4.69, 9.17) is 4.74 Å². The van der Waals surface area contributed by atoms with Crippen LogP contribution in [0.5, 0.6) is 5.75 Å². The lowest BCUT2D eigenvalue weighted by atomic mass is 10.2. The van der Waals surface area contributed by atoms with Crippen LogP contribution in [0, 0.1) is 0 Å². The normalized spacial score (nSPS) is 16.7. The SMILES string of the molecule is O=C(COc1ccc(Br)cc1)NC[C@H](c1cccs1)N1CCCCCC1. The Hall–Kier alpha value is -1.37. The van der Waals surface area contributed by atoms with Gasteiger partial charge in [-0.05, 0) is 61.6 Å². The summed E-state index contributed by atoms with van der Waals surface area (Å²) >= 11 is 5.16. The topological polar surface area (TPSA) is 41.6 Å². The second-order valence-electron chi connectivity index (χ2n) is 6.53. The van der Waals surface area contributed by atoms with Crippen LogP contribution in [0.3, 0.4) is 0 Å². The number of likely N-dealkylation sites (tertiary alicyclic amines) is 1. The quantitative estimate of drug-likeness (QED) is 0.687. The van der Waals surface area contributed by atoms with Gasteiger partial charge in [-0.25, -0.2) is 0 Å². The van der Waals surface area contributed by atoms with Crippen LogP contribution in [0.4, 0.5) is 0 Å². The molecule has 1 saturated heterocycles. The smallest absolute Gasteiger partial charge is 0.258 e. The number of carbonyl (C=O) groups excluding carboxylic acids is 1. The molecule has 140 valence electrons. The Morgan fingerprint density at radius 3 is 2.54 bits per heavy atom. The molecule has 1 aromatic carbocycles. The average Bonchev–Trinajstić information content (AvgIpc) is 3.04. The van der Waals surface area contributed by atoms with E-state index in [2.05, 4.69) is 43.7 Å². The van der Waals surface area contributed by atoms with Gasteiger partial charge >= 0.3 is 0 Å². The fraction of sp³-hybridized carbons (Fsp3) is 0.450. The van der Waals surface area contributed by atoms with Crippen molar-refractivity contribution >= 4 is 33.2 Å². The van der Waals surface area contributed by atoms with E-state index in [1.807, 2.05) is 24.3 Å². The van der Waals surface area contributed by atoms with Crippen molar-refractivity contribution in [2.24, 2.45) is 0 Å². The first kappa shape index (κ1) is 19.4. The van der Waals surface area contributed by atoms with Gasteiger partial charge in [0.15, 0.2) is 6.61 Å². The van der Waals surface area contributed by atoms with E-state index in [0.29, 0.717) is 12.3 Å². The van der Waals surface area contributed by atoms with Gasteiger partial charge in [-0.3, -0.25) is 9.69 Å². The Labute approximate surface area is 167 Å². The van der Waals surface area contributed by atoms with Crippen LogP contribution in [0.2, 0.25) is 0 Å². The van der Waals surface area contributed by atoms with Gasteiger partial charge in [0.05, 0.1) is 6.04 Å². The van der Waals surface area contributed by atoms with Gasteiger partial charge < -0.3 is 10.1 Å². The summed E-state index contributed by atoms with van der Waals surface area (Å²) in [5, 5.41) is 5.17. The highest BCUT2D eigenvalue weighted by Gasteiger charge is 2.23. The Bertz CT molecular complexity index is 668. The summed E-state index contributed by atoms with van der Waals surface area (Å²) in [7, 11) is 0. The van der Waals surface area contributed by atoms with E-state index in [9.17, 15) is 4.79 Å². The maximum atomic E-state index is 12.2. The average molecular weight is 437 g/mol. The summed E-state index contributed by atoms with van der Waals surface area (Å²) in [5.74, 6) is 0.620. The lowest BCUT2D eigenvalue weighted by Crippen LogP contribution is -2.39. The van der Waals surface area contributed by atoms with Crippen molar-refractivity contribution in [1.29, 1.82) is 0 Å². The molecule has 3 rings (SSSR count). The van der Waals surface area contributed by atoms with Crippen LogP contribution in [0.1, 0.15) is 36.6 Å². The Morgan fingerprint density at radius 1 is 1.15 bits per heavy atom. The first-order chi connectivity index (χ1) is 12.7. The molecule has 2 heterocycles. The second-order valence-corrected chi connectivity index (χ2v) is 8.42. The Balaban J connectivity index is 1.53. The van der Waals surface area contributed by atoms with Crippen molar-refractivity contribution in [3.63, 3.8) is 0 Å². The van der Waals surface area contributed by atoms with Gasteiger partial charge in [0, 0.05) is 15.9 Å². The van der Waals surface area contributed by atoms with Crippen molar-refractivity contribution in [2.75, 3.05) is 26.2 Å². The zero-order valence-corrected chi connectivity index (χ0v) is 17.2. The van der Waals surface area contributed by atoms with Crippen LogP contribution >= 0.6 is 27.3 Å². The van der Waals surface area contributed by atoms with Crippen LogP contribution in [-0.2, 0) is 4.79 Å². The number of benzene rings is 1. The third kappa shape index (κ3) is 5.83. The first-order valence-corrected chi connectivity index (χ1v) is 10.8. The van der Waals surface area contributed by atoms with E-state index in [1.54, 1.807) is 11.3 Å². The Kier molecular flexibility index (Phi) is 7.53. The van der Waals surface area contributed by atoms with Gasteiger partial charge in [-0.2, -0.15) is 0 Å². The monoisotopic (exact) mass is 436 g/mol. The lowest BCUT2D eigenvalue weighted by Gasteiger charge is -2.30. The number of rotatable bonds is 7. The summed E-state index contributed by atoms with van der Waals surface area (Å²) in [6, 6.07) is 12.0. The minimum atomic E-state index is -0.0794. The predicted octanol–water partition coefficient (Wildman–Crippen LogP) is 4.62. The standard InChI is InChI=1S/C20H25BrN2O2S/c21-16-7-9-17(10-8-16)25-15-20(24)22-14-18(19-6-5-13-26-19)23-11-3-1-2-4-12-23/h5-10,13,18H,1-4,11-12,14-15H2,(H,22,24)/t18-/m1/s1. The molecule has 1 aromatic heterocycles. The first-order valence-electron chi connectivity index (χ1n) is 9.15. The molecule has 0 spiro atoms. The third-order valence-corrected chi connectivity index (χ3v) is 6.13. The molecule has 2 aromatic rings. The molecule has 0 aliphatic carbocycles. The maximum Gasteiger partial charge on any atom is 0.258 e. The highest BCUT2D eigenvalue weighted by atomic mass is 79.9. The van der Waals surface area contributed by atoms with Crippen LogP contribution in [0.25, 0.3) is 0 Å². The molecule has 0 saturated carbocycles. The minimum absolute atomic E-state index is 0.0405. The van der Waals surface area contributed by atoms with Crippen LogP contribution < -0.4 is 10.1 Å². The number of hydrogen-bond acceptors (Lipinski definition) is 4. The maximum absolute atomic E-state index is 12.2. The number of hydrogen-bond donors (Lipinski definition) is 1. The zero-order chi connectivity index (χ0) is 18.2. The van der Waals surface area contributed by atoms with Crippen molar-refractivity contribution in [3.05, 3.63) is 51.1 Å². The van der Waals surface area contributed by atoms with E-state index < -0.39 is 0 Å². The molecule has 4 nitrogen and oxygen atoms in total. The van der Waals surface area contributed by atoms with Gasteiger partial charge in [-0.15, -0.1) is 11.3 Å². The van der Waals surface area contributed by atoms with E-state index in [0.717, 1.165) is 17.6 Å². The highest BCUT2D eigenvalue weighted by Crippen LogP contribution is 2.27. The third-order valence-electron chi connectivity index (χ3n) is 4.63. The van der Waals surface area contributed by atoms with Gasteiger partial charge in [0.1, 0.15) is 5.75 Å². The zero-order valence-electron chi connectivity index (χ0n) is 14.8. The summed E-state index contributed by atoms with van der Waals surface area (Å²) in [6.07, 6.45) is 5.09. The molecule has 1 fully saturated rings. The van der Waals surface area contributed by atoms with E-state index >= 15 is 0 Å². The summed E-state index contributed by atoms with van der Waals surface area (Å²) < 4.78 is 6.56. The van der Waals surface area contributed by atoms with Crippen molar-refractivity contribution in [3.8, 4) is 5.75 Å². The molecule has 1 aliphatic heterocycles. The van der Waals surface area contributed by atoms with E-state index in [-0.39, 0.29) is 18.6 Å². The van der Waals surface area contributed by atoms with Crippen LogP contribution in [-0.4, -0.2) is 37.0 Å². The van der Waals surface area contributed by atoms with Crippen molar-refractivity contribution < 1.29 is 9.53 Å². The fourth-order valence-corrected chi connectivity index (χ4v) is 4.36. The largest absolute Gasteiger partial charge is 0.484 e. The Morgan fingerprint density at radius 2 is 1.88 bits per heavy atom. The fourth-order valence-electron chi connectivity index (χ4n) is 3.24. The predicted molar refractivity (Wildman–Crippen MR) is 110 cm³/mol. The van der Waals surface area contributed by atoms with Gasteiger partial charge in [-0.1, -0.05) is 34.8 Å². The van der Waals surface area contributed by atoms with Crippen LogP contribution in [0.15, 0.2) is 46.3 Å². The number of amides is 1. The lowest BCUT2D eigenvalue weighted by molar-refractivity contribution is -0.123. The summed E-state index contributed by atoms with van der Waals surface area (Å²) in [4.78, 5) is 16.1. The number of nitrogens with zero attached hydrogens (tertiary/aromatic N) is 1. The highest BCUT2D eigenvalue weighted by molar-refractivity contribution is 9.10. The second kappa shape index (κ2) is 10.1. The van der Waals surface area contributed by atoms with E-state index in [1.165, 1.54) is 30.6 Å². The molecular formula is C20H25BrN2O2S. The molecule has 1 atom stereocenters. The number of halogens is 1. The van der Waals surface area contributed by atoms with Crippen molar-refractivity contribution in [1.82, 2.24) is 10.2 Å². The number of ether oxygens (including phenoxy) is 1. The molecule has 1 N–H and O–H groups in total. The summed E-state index contributed by atoms with van der Waals surface area (Å²) in [5.41, 5.74) is 0. The number of carbonyl (C=O) groups is 1. The summed E-state index contributed by atoms with van der Waals surface area (Å²) in [6.45, 7) is 2.88. The molecule has 1 aliphatic rings. The van der Waals surface area contributed by atoms with Gasteiger partial charge in [0.2, 0.25) is 0 Å². The molecule has 0 unspecified atom stereocenters. The molecule has 1 amide bonds. The molecule has 0 radical (unpaired) electrons. The number of nitrogens with one attached hydrogen (secondary N) is 1. The van der Waals surface area contributed by atoms with Crippen molar-refractivity contribution in [2.45, 2.75) is 31.7 Å². The van der Waals surface area contributed by atoms with Gasteiger partial charge in [0.25, 0.3) is 5.91 Å². The molecule has 26 heavy (non-hydrogen) atoms. The molecular weight excluding hydrogens is 412 g/mol. The minimum Gasteiger partial charge on any atom is -0.484 e. The molecule has 6 heteroatoms.